The third-order valence-electron chi connectivity index (χ3n) is 3.86. The molecule has 0 bridgehead atoms. The number of nitrogens with zero attached hydrogens (tertiary/aromatic N) is 1. The zero-order chi connectivity index (χ0) is 16.5. The normalized spacial score (nSPS) is 21.0. The van der Waals surface area contributed by atoms with Crippen molar-refractivity contribution in [1.82, 2.24) is 10.2 Å². The van der Waals surface area contributed by atoms with E-state index < -0.39 is 17.5 Å². The van der Waals surface area contributed by atoms with Gasteiger partial charge in [0, 0.05) is 5.69 Å². The van der Waals surface area contributed by atoms with Crippen LogP contribution in [0.4, 0.5) is 10.5 Å². The third-order valence-corrected chi connectivity index (χ3v) is 3.86. The molecule has 1 atom stereocenters. The molecule has 2 N–H and O–H groups in total. The van der Waals surface area contributed by atoms with Crippen molar-refractivity contribution in [1.29, 1.82) is 0 Å². The lowest BCUT2D eigenvalue weighted by Gasteiger charge is -2.19. The summed E-state index contributed by atoms with van der Waals surface area (Å²) in [6, 6.07) is 5.16. The largest absolute Gasteiger partial charge is 0.325 e. The highest BCUT2D eigenvalue weighted by atomic mass is 16.2. The van der Waals surface area contributed by atoms with Gasteiger partial charge in [0.2, 0.25) is 5.91 Å². The summed E-state index contributed by atoms with van der Waals surface area (Å²) in [6.45, 7) is 7.07. The number of amides is 4. The maximum Gasteiger partial charge on any atom is 0.325 e. The number of carbonyl (C=O) groups is 3. The Kier molecular flexibility index (Phi) is 4.21. The second-order valence-corrected chi connectivity index (χ2v) is 5.93. The van der Waals surface area contributed by atoms with Crippen molar-refractivity contribution in [3.05, 3.63) is 29.3 Å². The predicted octanol–water partition coefficient (Wildman–Crippen LogP) is 1.96. The standard InChI is InChI=1S/C16H21N3O3/c1-5-16(4)14(21)19(15(22)18-16)9-13(20)17-12-7-10(2)6-11(3)8-12/h6-8H,5,9H2,1-4H3,(H,17,20)(H,18,22). The van der Waals surface area contributed by atoms with Gasteiger partial charge in [0.25, 0.3) is 5.91 Å². The highest BCUT2D eigenvalue weighted by molar-refractivity contribution is 6.09. The quantitative estimate of drug-likeness (QED) is 0.835. The molecule has 1 aromatic carbocycles. The van der Waals surface area contributed by atoms with E-state index >= 15 is 0 Å². The summed E-state index contributed by atoms with van der Waals surface area (Å²) in [4.78, 5) is 37.2. The monoisotopic (exact) mass is 303 g/mol. The van der Waals surface area contributed by atoms with E-state index in [4.69, 9.17) is 0 Å². The van der Waals surface area contributed by atoms with Gasteiger partial charge in [-0.1, -0.05) is 13.0 Å². The van der Waals surface area contributed by atoms with Crippen molar-refractivity contribution in [2.45, 2.75) is 39.7 Å². The van der Waals surface area contributed by atoms with E-state index in [-0.39, 0.29) is 12.5 Å². The molecule has 0 radical (unpaired) electrons. The molecule has 0 aromatic heterocycles. The summed E-state index contributed by atoms with van der Waals surface area (Å²) in [5.41, 5.74) is 1.80. The number of hydrogen-bond donors (Lipinski definition) is 2. The molecule has 6 heteroatoms. The third kappa shape index (κ3) is 3.10. The Hall–Kier alpha value is -2.37. The number of urea groups is 1. The topological polar surface area (TPSA) is 78.5 Å². The van der Waals surface area contributed by atoms with E-state index in [1.807, 2.05) is 39.0 Å². The summed E-state index contributed by atoms with van der Waals surface area (Å²) in [5.74, 6) is -0.760. The van der Waals surface area contributed by atoms with E-state index in [9.17, 15) is 14.4 Å². The molecule has 1 aliphatic rings. The van der Waals surface area contributed by atoms with Gasteiger partial charge in [0.15, 0.2) is 0 Å². The van der Waals surface area contributed by atoms with Crippen LogP contribution in [0.15, 0.2) is 18.2 Å². The maximum absolute atomic E-state index is 12.2. The molecule has 22 heavy (non-hydrogen) atoms. The van der Waals surface area contributed by atoms with Crippen LogP contribution in [0.3, 0.4) is 0 Å². The number of nitrogens with one attached hydrogen (secondary N) is 2. The van der Waals surface area contributed by atoms with Crippen molar-refractivity contribution in [2.75, 3.05) is 11.9 Å². The first-order chi connectivity index (χ1) is 10.2. The molecule has 0 saturated carbocycles. The van der Waals surface area contributed by atoms with Gasteiger partial charge in [-0.3, -0.25) is 14.5 Å². The maximum atomic E-state index is 12.2. The van der Waals surface area contributed by atoms with Gasteiger partial charge in [0.05, 0.1) is 0 Å². The Morgan fingerprint density at radius 2 is 1.82 bits per heavy atom. The van der Waals surface area contributed by atoms with Crippen LogP contribution in [0.25, 0.3) is 0 Å². The van der Waals surface area contributed by atoms with Gasteiger partial charge >= 0.3 is 6.03 Å². The molecule has 1 heterocycles. The molecule has 1 saturated heterocycles. The number of hydrogen-bond acceptors (Lipinski definition) is 3. The van der Waals surface area contributed by atoms with Crippen LogP contribution in [-0.2, 0) is 9.59 Å². The molecular weight excluding hydrogens is 282 g/mol. The smallest absolute Gasteiger partial charge is 0.325 e. The second kappa shape index (κ2) is 5.79. The second-order valence-electron chi connectivity index (χ2n) is 5.93. The molecule has 1 fully saturated rings. The fourth-order valence-corrected chi connectivity index (χ4v) is 2.52. The summed E-state index contributed by atoms with van der Waals surface area (Å²) >= 11 is 0. The lowest BCUT2D eigenvalue weighted by molar-refractivity contribution is -0.133. The Morgan fingerprint density at radius 1 is 1.23 bits per heavy atom. The minimum absolute atomic E-state index is 0.284. The fourth-order valence-electron chi connectivity index (χ4n) is 2.52. The Bertz CT molecular complexity index is 621. The summed E-state index contributed by atoms with van der Waals surface area (Å²) in [5, 5.41) is 5.35. The summed E-state index contributed by atoms with van der Waals surface area (Å²) in [7, 11) is 0. The van der Waals surface area contributed by atoms with Crippen LogP contribution in [0.1, 0.15) is 31.4 Å². The van der Waals surface area contributed by atoms with E-state index in [0.29, 0.717) is 12.1 Å². The molecule has 0 aliphatic carbocycles. The number of aryl methyl sites for hydroxylation is 2. The molecule has 1 aliphatic heterocycles. The number of imide groups is 1. The number of rotatable bonds is 4. The lowest BCUT2D eigenvalue weighted by atomic mass is 9.99. The van der Waals surface area contributed by atoms with Gasteiger partial charge in [-0.15, -0.1) is 0 Å². The molecule has 1 unspecified atom stereocenters. The van der Waals surface area contributed by atoms with E-state index in [0.717, 1.165) is 16.0 Å². The minimum Gasteiger partial charge on any atom is -0.325 e. The Labute approximate surface area is 129 Å². The molecule has 2 rings (SSSR count). The Morgan fingerprint density at radius 3 is 2.32 bits per heavy atom. The van der Waals surface area contributed by atoms with Gasteiger partial charge < -0.3 is 10.6 Å². The predicted molar refractivity (Wildman–Crippen MR) is 83.5 cm³/mol. The zero-order valence-corrected chi connectivity index (χ0v) is 13.3. The molecule has 0 spiro atoms. The van der Waals surface area contributed by atoms with E-state index in [1.54, 1.807) is 6.92 Å². The minimum atomic E-state index is -0.919. The van der Waals surface area contributed by atoms with Gasteiger partial charge in [-0.2, -0.15) is 0 Å². The van der Waals surface area contributed by atoms with Crippen LogP contribution < -0.4 is 10.6 Å². The van der Waals surface area contributed by atoms with Crippen LogP contribution in [-0.4, -0.2) is 34.8 Å². The highest BCUT2D eigenvalue weighted by Crippen LogP contribution is 2.21. The molecule has 6 nitrogen and oxygen atoms in total. The first kappa shape index (κ1) is 16.0. The molecule has 118 valence electrons. The van der Waals surface area contributed by atoms with Crippen molar-refractivity contribution < 1.29 is 14.4 Å². The van der Waals surface area contributed by atoms with Crippen LogP contribution in [0.5, 0.6) is 0 Å². The zero-order valence-electron chi connectivity index (χ0n) is 13.3. The Balaban J connectivity index is 2.06. The fraction of sp³-hybridized carbons (Fsp3) is 0.438. The average Bonchev–Trinajstić information content (AvgIpc) is 2.62. The first-order valence-corrected chi connectivity index (χ1v) is 7.27. The number of anilines is 1. The van der Waals surface area contributed by atoms with Crippen molar-refractivity contribution >= 4 is 23.5 Å². The SMILES string of the molecule is CCC1(C)NC(=O)N(CC(=O)Nc2cc(C)cc(C)c2)C1=O. The summed E-state index contributed by atoms with van der Waals surface area (Å²) < 4.78 is 0. The van der Waals surface area contributed by atoms with Crippen molar-refractivity contribution in [2.24, 2.45) is 0 Å². The van der Waals surface area contributed by atoms with Crippen molar-refractivity contribution in [3.63, 3.8) is 0 Å². The number of benzene rings is 1. The molecular formula is C16H21N3O3. The van der Waals surface area contributed by atoms with Gasteiger partial charge in [0.1, 0.15) is 12.1 Å². The van der Waals surface area contributed by atoms with E-state index in [1.165, 1.54) is 0 Å². The molecule has 1 aromatic rings. The van der Waals surface area contributed by atoms with Crippen LogP contribution >= 0.6 is 0 Å². The number of carbonyl (C=O) groups excluding carboxylic acids is 3. The first-order valence-electron chi connectivity index (χ1n) is 7.27. The van der Waals surface area contributed by atoms with E-state index in [2.05, 4.69) is 10.6 Å². The lowest BCUT2D eigenvalue weighted by Crippen LogP contribution is -2.44. The van der Waals surface area contributed by atoms with Gasteiger partial charge in [-0.05, 0) is 50.5 Å². The summed E-state index contributed by atoms with van der Waals surface area (Å²) in [6.07, 6.45) is 0.479. The van der Waals surface area contributed by atoms with Crippen LogP contribution in [0, 0.1) is 13.8 Å². The van der Waals surface area contributed by atoms with Gasteiger partial charge in [-0.25, -0.2) is 4.79 Å². The van der Waals surface area contributed by atoms with Crippen molar-refractivity contribution in [3.8, 4) is 0 Å². The van der Waals surface area contributed by atoms with Crippen LogP contribution in [0.2, 0.25) is 0 Å². The average molecular weight is 303 g/mol. The molecule has 4 amide bonds. The highest BCUT2D eigenvalue weighted by Gasteiger charge is 2.46.